The molecule has 1 saturated heterocycles. The fourth-order valence-electron chi connectivity index (χ4n) is 2.44. The Bertz CT molecular complexity index is 370. The molecule has 1 fully saturated rings. The van der Waals surface area contributed by atoms with Crippen molar-refractivity contribution in [3.8, 4) is 0 Å². The molecule has 0 bridgehead atoms. The Kier molecular flexibility index (Phi) is 4.55. The van der Waals surface area contributed by atoms with Gasteiger partial charge < -0.3 is 10.6 Å². The molecule has 2 N–H and O–H groups in total. The molecule has 1 aromatic heterocycles. The molecule has 2 rings (SSSR count). The number of hydrogen-bond acceptors (Lipinski definition) is 4. The van der Waals surface area contributed by atoms with Crippen LogP contribution in [0.4, 0.5) is 5.69 Å². The molecule has 4 nitrogen and oxygen atoms in total. The van der Waals surface area contributed by atoms with E-state index >= 15 is 0 Å². The maximum Gasteiger partial charge on any atom is 0.0772 e. The summed E-state index contributed by atoms with van der Waals surface area (Å²) in [6.45, 7) is 11.2. The minimum Gasteiger partial charge on any atom is -0.397 e. The summed E-state index contributed by atoms with van der Waals surface area (Å²) >= 11 is 0. The normalized spacial score (nSPS) is 18.4. The van der Waals surface area contributed by atoms with Crippen molar-refractivity contribution >= 4 is 5.69 Å². The van der Waals surface area contributed by atoms with E-state index in [9.17, 15) is 0 Å². The zero-order valence-electron chi connectivity index (χ0n) is 11.5. The Morgan fingerprint density at radius 1 is 1.22 bits per heavy atom. The average molecular weight is 248 g/mol. The SMILES string of the molecule is CC(C)CN1CCN(Cc2ncccc2N)CC1. The molecular formula is C14H24N4. The van der Waals surface area contributed by atoms with E-state index in [1.54, 1.807) is 0 Å². The van der Waals surface area contributed by atoms with Crippen molar-refractivity contribution in [1.82, 2.24) is 14.8 Å². The number of nitrogens with two attached hydrogens (primary N) is 1. The number of aromatic nitrogens is 1. The molecule has 0 radical (unpaired) electrons. The highest BCUT2D eigenvalue weighted by Gasteiger charge is 2.18. The molecule has 0 saturated carbocycles. The second kappa shape index (κ2) is 6.16. The van der Waals surface area contributed by atoms with Crippen LogP contribution in [-0.2, 0) is 6.54 Å². The standard InChI is InChI=1S/C14H24N4/c1-12(2)10-17-6-8-18(9-7-17)11-14-13(15)4-3-5-16-14/h3-5,12H,6-11,15H2,1-2H3. The first-order valence-electron chi connectivity index (χ1n) is 6.79. The molecule has 1 aromatic rings. The van der Waals surface area contributed by atoms with Crippen LogP contribution in [0.15, 0.2) is 18.3 Å². The Balaban J connectivity index is 1.82. The van der Waals surface area contributed by atoms with Gasteiger partial charge in [0.15, 0.2) is 0 Å². The number of nitrogen functional groups attached to an aromatic ring is 1. The molecular weight excluding hydrogens is 224 g/mol. The van der Waals surface area contributed by atoms with E-state index in [4.69, 9.17) is 5.73 Å². The Morgan fingerprint density at radius 3 is 2.50 bits per heavy atom. The van der Waals surface area contributed by atoms with Crippen LogP contribution in [0.3, 0.4) is 0 Å². The predicted molar refractivity (Wildman–Crippen MR) is 75.2 cm³/mol. The molecule has 0 unspecified atom stereocenters. The largest absolute Gasteiger partial charge is 0.397 e. The summed E-state index contributed by atoms with van der Waals surface area (Å²) in [5, 5.41) is 0. The van der Waals surface area contributed by atoms with Gasteiger partial charge in [-0.1, -0.05) is 13.8 Å². The lowest BCUT2D eigenvalue weighted by Gasteiger charge is -2.35. The van der Waals surface area contributed by atoms with Crippen LogP contribution in [-0.4, -0.2) is 47.5 Å². The van der Waals surface area contributed by atoms with Crippen molar-refractivity contribution in [3.05, 3.63) is 24.0 Å². The zero-order chi connectivity index (χ0) is 13.0. The quantitative estimate of drug-likeness (QED) is 0.876. The maximum absolute atomic E-state index is 5.93. The minimum absolute atomic E-state index is 0.753. The van der Waals surface area contributed by atoms with Crippen LogP contribution < -0.4 is 5.73 Å². The number of rotatable bonds is 4. The molecule has 100 valence electrons. The number of pyridine rings is 1. The second-order valence-electron chi connectivity index (χ2n) is 5.51. The lowest BCUT2D eigenvalue weighted by Crippen LogP contribution is -2.47. The first kappa shape index (κ1) is 13.3. The van der Waals surface area contributed by atoms with Gasteiger partial charge in [-0.25, -0.2) is 0 Å². The highest BCUT2D eigenvalue weighted by atomic mass is 15.3. The summed E-state index contributed by atoms with van der Waals surface area (Å²) in [7, 11) is 0. The van der Waals surface area contributed by atoms with Crippen molar-refractivity contribution < 1.29 is 0 Å². The molecule has 2 heterocycles. The fourth-order valence-corrected chi connectivity index (χ4v) is 2.44. The van der Waals surface area contributed by atoms with Crippen molar-refractivity contribution in [3.63, 3.8) is 0 Å². The number of anilines is 1. The van der Waals surface area contributed by atoms with Gasteiger partial charge in [-0.3, -0.25) is 9.88 Å². The van der Waals surface area contributed by atoms with Gasteiger partial charge in [0.05, 0.1) is 11.4 Å². The zero-order valence-corrected chi connectivity index (χ0v) is 11.5. The van der Waals surface area contributed by atoms with Crippen molar-refractivity contribution in [1.29, 1.82) is 0 Å². The van der Waals surface area contributed by atoms with Gasteiger partial charge in [0.25, 0.3) is 0 Å². The highest BCUT2D eigenvalue weighted by molar-refractivity contribution is 5.41. The summed E-state index contributed by atoms with van der Waals surface area (Å²) in [6, 6.07) is 3.82. The third-order valence-electron chi connectivity index (χ3n) is 3.39. The summed E-state index contributed by atoms with van der Waals surface area (Å²) in [5.74, 6) is 0.753. The number of hydrogen-bond donors (Lipinski definition) is 1. The molecule has 1 aliphatic rings. The van der Waals surface area contributed by atoms with Crippen LogP contribution >= 0.6 is 0 Å². The van der Waals surface area contributed by atoms with Gasteiger partial charge in [0.2, 0.25) is 0 Å². The second-order valence-corrected chi connectivity index (χ2v) is 5.51. The van der Waals surface area contributed by atoms with Gasteiger partial charge in [0, 0.05) is 45.5 Å². The molecule has 1 aliphatic heterocycles. The Morgan fingerprint density at radius 2 is 1.89 bits per heavy atom. The van der Waals surface area contributed by atoms with Gasteiger partial charge in [-0.05, 0) is 18.1 Å². The summed E-state index contributed by atoms with van der Waals surface area (Å²) in [5.41, 5.74) is 7.75. The van der Waals surface area contributed by atoms with Crippen LogP contribution in [0.1, 0.15) is 19.5 Å². The van der Waals surface area contributed by atoms with Crippen LogP contribution in [0.5, 0.6) is 0 Å². The summed E-state index contributed by atoms with van der Waals surface area (Å²) in [6.07, 6.45) is 1.82. The topological polar surface area (TPSA) is 45.4 Å². The van der Waals surface area contributed by atoms with Crippen molar-refractivity contribution in [2.45, 2.75) is 20.4 Å². The van der Waals surface area contributed by atoms with Gasteiger partial charge in [-0.15, -0.1) is 0 Å². The first-order chi connectivity index (χ1) is 8.65. The van der Waals surface area contributed by atoms with Crippen molar-refractivity contribution in [2.24, 2.45) is 5.92 Å². The van der Waals surface area contributed by atoms with E-state index in [-0.39, 0.29) is 0 Å². The predicted octanol–water partition coefficient (Wildman–Crippen LogP) is 1.44. The minimum atomic E-state index is 0.753. The van der Waals surface area contributed by atoms with E-state index < -0.39 is 0 Å². The van der Waals surface area contributed by atoms with E-state index in [0.717, 1.165) is 50.0 Å². The van der Waals surface area contributed by atoms with Gasteiger partial charge in [-0.2, -0.15) is 0 Å². The van der Waals surface area contributed by atoms with Gasteiger partial charge in [0.1, 0.15) is 0 Å². The van der Waals surface area contributed by atoms with Crippen LogP contribution in [0, 0.1) is 5.92 Å². The van der Waals surface area contributed by atoms with Crippen LogP contribution in [0.25, 0.3) is 0 Å². The highest BCUT2D eigenvalue weighted by Crippen LogP contribution is 2.12. The third-order valence-corrected chi connectivity index (χ3v) is 3.39. The summed E-state index contributed by atoms with van der Waals surface area (Å²) in [4.78, 5) is 9.34. The van der Waals surface area contributed by atoms with E-state index in [1.807, 2.05) is 18.3 Å². The monoisotopic (exact) mass is 248 g/mol. The molecule has 0 spiro atoms. The fraction of sp³-hybridized carbons (Fsp3) is 0.643. The van der Waals surface area contributed by atoms with E-state index in [2.05, 4.69) is 28.6 Å². The third kappa shape index (κ3) is 3.68. The van der Waals surface area contributed by atoms with Gasteiger partial charge >= 0.3 is 0 Å². The molecule has 18 heavy (non-hydrogen) atoms. The maximum atomic E-state index is 5.93. The Labute approximate surface area is 110 Å². The molecule has 0 aliphatic carbocycles. The smallest absolute Gasteiger partial charge is 0.0772 e. The molecule has 4 heteroatoms. The number of nitrogens with zero attached hydrogens (tertiary/aromatic N) is 3. The van der Waals surface area contributed by atoms with E-state index in [1.165, 1.54) is 6.54 Å². The average Bonchev–Trinajstić information content (AvgIpc) is 2.34. The lowest BCUT2D eigenvalue weighted by molar-refractivity contribution is 0.116. The summed E-state index contributed by atoms with van der Waals surface area (Å²) < 4.78 is 0. The van der Waals surface area contributed by atoms with Crippen molar-refractivity contribution in [2.75, 3.05) is 38.5 Å². The lowest BCUT2D eigenvalue weighted by atomic mass is 10.2. The van der Waals surface area contributed by atoms with Crippen LogP contribution in [0.2, 0.25) is 0 Å². The molecule has 0 atom stereocenters. The Hall–Kier alpha value is -1.13. The van der Waals surface area contributed by atoms with E-state index in [0.29, 0.717) is 0 Å². The molecule has 0 amide bonds. The first-order valence-corrected chi connectivity index (χ1v) is 6.79. The molecule has 0 aromatic carbocycles. The number of piperazine rings is 1.